The van der Waals surface area contributed by atoms with E-state index in [0.717, 1.165) is 23.1 Å². The molecule has 0 bridgehead atoms. The lowest BCUT2D eigenvalue weighted by atomic mass is 10.3. The molecule has 0 radical (unpaired) electrons. The molecule has 0 aliphatic carbocycles. The molecule has 0 aliphatic heterocycles. The third kappa shape index (κ3) is 3.41. The Labute approximate surface area is 144 Å². The van der Waals surface area contributed by atoms with Crippen LogP contribution >= 0.6 is 11.3 Å². The highest BCUT2D eigenvalue weighted by atomic mass is 32.1. The minimum absolute atomic E-state index is 0.0408. The van der Waals surface area contributed by atoms with Gasteiger partial charge in [-0.15, -0.1) is 11.3 Å². The van der Waals surface area contributed by atoms with Gasteiger partial charge in [0.15, 0.2) is 0 Å². The van der Waals surface area contributed by atoms with Crippen LogP contribution in [0.5, 0.6) is 0 Å². The van der Waals surface area contributed by atoms with Crippen molar-refractivity contribution in [1.29, 1.82) is 0 Å². The number of ketones is 1. The number of carbonyl (C=O) groups is 2. The first-order chi connectivity index (χ1) is 11.8. The van der Waals surface area contributed by atoms with Crippen LogP contribution in [0.1, 0.15) is 30.7 Å². The zero-order chi connectivity index (χ0) is 18.2. The molecule has 0 spiro atoms. The van der Waals surface area contributed by atoms with Crippen molar-refractivity contribution in [1.82, 2.24) is 14.7 Å². The third-order valence-electron chi connectivity index (χ3n) is 3.56. The fourth-order valence-corrected chi connectivity index (χ4v) is 3.23. The number of alkyl halides is 3. The lowest BCUT2D eigenvalue weighted by Crippen LogP contribution is -2.23. The summed E-state index contributed by atoms with van der Waals surface area (Å²) in [5, 5.41) is 2.64. The maximum atomic E-state index is 12.4. The van der Waals surface area contributed by atoms with E-state index >= 15 is 0 Å². The second-order valence-electron chi connectivity index (χ2n) is 5.25. The lowest BCUT2D eigenvalue weighted by molar-refractivity contribution is -0.0882. The molecular weight excluding hydrogens is 355 g/mol. The van der Waals surface area contributed by atoms with Crippen molar-refractivity contribution in [3.8, 4) is 0 Å². The molecule has 3 aromatic rings. The van der Waals surface area contributed by atoms with E-state index in [-0.39, 0.29) is 11.4 Å². The van der Waals surface area contributed by atoms with Gasteiger partial charge in [0.25, 0.3) is 11.7 Å². The van der Waals surface area contributed by atoms with Crippen molar-refractivity contribution in [2.24, 2.45) is 0 Å². The number of rotatable bonds is 4. The van der Waals surface area contributed by atoms with Gasteiger partial charge in [-0.05, 0) is 31.2 Å². The molecule has 9 heteroatoms. The Hall–Kier alpha value is -2.68. The number of amides is 1. The second-order valence-corrected chi connectivity index (χ2v) is 6.33. The molecule has 0 unspecified atom stereocenters. The van der Waals surface area contributed by atoms with Gasteiger partial charge in [-0.1, -0.05) is 6.07 Å². The summed E-state index contributed by atoms with van der Waals surface area (Å²) in [6.07, 6.45) is -3.14. The van der Waals surface area contributed by atoms with Gasteiger partial charge in [0.2, 0.25) is 0 Å². The van der Waals surface area contributed by atoms with E-state index in [2.05, 4.69) is 10.3 Å². The Bertz CT molecular complexity index is 959. The summed E-state index contributed by atoms with van der Waals surface area (Å²) < 4.78 is 39.1. The van der Waals surface area contributed by atoms with Gasteiger partial charge in [0.05, 0.1) is 27.7 Å². The zero-order valence-electron chi connectivity index (χ0n) is 12.9. The number of Topliss-reactive ketones (excluding diaryl/α,β-unsaturated/α-hetero) is 1. The Morgan fingerprint density at radius 2 is 1.92 bits per heavy atom. The number of hydrogen-bond acceptors (Lipinski definition) is 4. The Balaban J connectivity index is 1.74. The smallest absolute Gasteiger partial charge is 0.346 e. The molecule has 1 N–H and O–H groups in total. The molecule has 0 aliphatic rings. The Kier molecular flexibility index (Phi) is 4.34. The van der Waals surface area contributed by atoms with Crippen molar-refractivity contribution in [2.45, 2.75) is 19.6 Å². The van der Waals surface area contributed by atoms with E-state index in [1.54, 1.807) is 6.92 Å². The summed E-state index contributed by atoms with van der Waals surface area (Å²) in [5.41, 5.74) is 2.25. The van der Waals surface area contributed by atoms with Crippen molar-refractivity contribution < 1.29 is 22.8 Å². The number of halogens is 3. The molecule has 0 fully saturated rings. The molecule has 0 atom stereocenters. The summed E-state index contributed by atoms with van der Waals surface area (Å²) in [5.74, 6) is -2.49. The van der Waals surface area contributed by atoms with Crippen molar-refractivity contribution in [3.05, 3.63) is 57.7 Å². The van der Waals surface area contributed by atoms with Crippen molar-refractivity contribution in [2.75, 3.05) is 0 Å². The fraction of sp³-hybridized carbons (Fsp3) is 0.188. The maximum absolute atomic E-state index is 12.4. The van der Waals surface area contributed by atoms with Gasteiger partial charge in [0, 0.05) is 6.20 Å². The average molecular weight is 367 g/mol. The number of fused-ring (bicyclic) bond motifs is 1. The van der Waals surface area contributed by atoms with Gasteiger partial charge in [-0.2, -0.15) is 13.2 Å². The summed E-state index contributed by atoms with van der Waals surface area (Å²) in [7, 11) is 0. The molecule has 0 saturated heterocycles. The minimum Gasteiger partial charge on any atom is -0.346 e. The number of imidazole rings is 1. The van der Waals surface area contributed by atoms with Crippen molar-refractivity contribution >= 4 is 28.7 Å². The minimum atomic E-state index is -4.95. The van der Waals surface area contributed by atoms with Gasteiger partial charge in [-0.3, -0.25) is 9.59 Å². The highest BCUT2D eigenvalue weighted by molar-refractivity contribution is 7.16. The zero-order valence-corrected chi connectivity index (χ0v) is 13.7. The SMILES string of the molecule is Cc1nc2ccccn2c1CNC(=O)c1ccc(C(=O)C(F)(F)F)s1. The number of hydrogen-bond donors (Lipinski definition) is 1. The van der Waals surface area contributed by atoms with Gasteiger partial charge in [0.1, 0.15) is 5.65 Å². The molecular formula is C16H12F3N3O2S. The Morgan fingerprint density at radius 1 is 1.20 bits per heavy atom. The standard InChI is InChI=1S/C16H12F3N3O2S/c1-9-10(22-7-3-2-4-13(22)21-9)8-20-15(24)12-6-5-11(25-12)14(23)16(17,18)19/h2-7H,8H2,1H3,(H,20,24). The van der Waals surface area contributed by atoms with E-state index < -0.39 is 22.7 Å². The van der Waals surface area contributed by atoms with Crippen molar-refractivity contribution in [3.63, 3.8) is 0 Å². The summed E-state index contributed by atoms with van der Waals surface area (Å²) in [4.78, 5) is 27.2. The van der Waals surface area contributed by atoms with E-state index in [1.807, 2.05) is 28.8 Å². The van der Waals surface area contributed by atoms with Crippen LogP contribution in [0.4, 0.5) is 13.2 Å². The molecule has 1 amide bonds. The monoisotopic (exact) mass is 367 g/mol. The number of thiophene rings is 1. The van der Waals surface area contributed by atoms with E-state index in [9.17, 15) is 22.8 Å². The first-order valence-corrected chi connectivity index (χ1v) is 8.01. The highest BCUT2D eigenvalue weighted by Crippen LogP contribution is 2.26. The third-order valence-corrected chi connectivity index (χ3v) is 4.64. The van der Waals surface area contributed by atoms with Crippen LogP contribution in [0.3, 0.4) is 0 Å². The van der Waals surface area contributed by atoms with Crippen LogP contribution in [-0.4, -0.2) is 27.3 Å². The van der Waals surface area contributed by atoms with Crippen LogP contribution in [0.15, 0.2) is 36.5 Å². The van der Waals surface area contributed by atoms with Crippen LogP contribution in [0, 0.1) is 6.92 Å². The molecule has 0 saturated carbocycles. The molecule has 25 heavy (non-hydrogen) atoms. The average Bonchev–Trinajstić information content (AvgIpc) is 3.15. The molecule has 3 heterocycles. The number of nitrogens with one attached hydrogen (secondary N) is 1. The number of aryl methyl sites for hydroxylation is 1. The first kappa shape index (κ1) is 17.2. The predicted molar refractivity (Wildman–Crippen MR) is 85.8 cm³/mol. The van der Waals surface area contributed by atoms with Crippen LogP contribution in [0.2, 0.25) is 0 Å². The normalized spacial score (nSPS) is 11.7. The molecule has 3 aromatic heterocycles. The fourth-order valence-electron chi connectivity index (χ4n) is 2.35. The summed E-state index contributed by atoms with van der Waals surface area (Å²) >= 11 is 0.517. The van der Waals surface area contributed by atoms with Gasteiger partial charge >= 0.3 is 6.18 Å². The molecule has 130 valence electrons. The molecule has 3 rings (SSSR count). The first-order valence-electron chi connectivity index (χ1n) is 7.19. The predicted octanol–water partition coefficient (Wildman–Crippen LogP) is 3.38. The van der Waals surface area contributed by atoms with E-state index in [0.29, 0.717) is 11.3 Å². The van der Waals surface area contributed by atoms with Gasteiger partial charge < -0.3 is 9.72 Å². The summed E-state index contributed by atoms with van der Waals surface area (Å²) in [6.45, 7) is 1.97. The van der Waals surface area contributed by atoms with Crippen LogP contribution in [-0.2, 0) is 6.54 Å². The number of pyridine rings is 1. The lowest BCUT2D eigenvalue weighted by Gasteiger charge is -2.05. The highest BCUT2D eigenvalue weighted by Gasteiger charge is 2.40. The number of nitrogens with zero attached hydrogens (tertiary/aromatic N) is 2. The summed E-state index contributed by atoms with van der Waals surface area (Å²) in [6, 6.07) is 7.71. The topological polar surface area (TPSA) is 63.5 Å². The Morgan fingerprint density at radius 3 is 2.64 bits per heavy atom. The van der Waals surface area contributed by atoms with Crippen LogP contribution < -0.4 is 5.32 Å². The number of carbonyl (C=O) groups excluding carboxylic acids is 2. The maximum Gasteiger partial charge on any atom is 0.455 e. The number of aromatic nitrogens is 2. The van der Waals surface area contributed by atoms with E-state index in [1.165, 1.54) is 6.07 Å². The quantitative estimate of drug-likeness (QED) is 0.719. The van der Waals surface area contributed by atoms with Gasteiger partial charge in [-0.25, -0.2) is 4.98 Å². The molecule has 0 aromatic carbocycles. The van der Waals surface area contributed by atoms with E-state index in [4.69, 9.17) is 0 Å². The second kappa shape index (κ2) is 6.32. The molecule has 5 nitrogen and oxygen atoms in total. The van der Waals surface area contributed by atoms with Crippen LogP contribution in [0.25, 0.3) is 5.65 Å². The largest absolute Gasteiger partial charge is 0.455 e.